The minimum absolute atomic E-state index is 0.0427. The van der Waals surface area contributed by atoms with E-state index in [0.29, 0.717) is 50.2 Å². The summed E-state index contributed by atoms with van der Waals surface area (Å²) in [6.45, 7) is 10.8. The van der Waals surface area contributed by atoms with Crippen molar-refractivity contribution < 1.29 is 33.3 Å². The monoisotopic (exact) mass is 746 g/mol. The number of anilines is 2. The van der Waals surface area contributed by atoms with E-state index in [4.69, 9.17) is 24.7 Å². The molecule has 0 aliphatic carbocycles. The van der Waals surface area contributed by atoms with E-state index in [-0.39, 0.29) is 44.0 Å². The maximum atomic E-state index is 12.5. The minimum atomic E-state index is -0.178. The van der Waals surface area contributed by atoms with Gasteiger partial charge in [0, 0.05) is 39.3 Å². The molecule has 0 fully saturated rings. The molecule has 4 aromatic rings. The van der Waals surface area contributed by atoms with Crippen molar-refractivity contribution in [2.45, 2.75) is 47.1 Å². The van der Waals surface area contributed by atoms with E-state index in [1.807, 2.05) is 62.4 Å². The molecule has 2 aromatic heterocycles. The number of aromatic nitrogens is 3. The van der Waals surface area contributed by atoms with E-state index < -0.39 is 0 Å². The number of ether oxygens (including phenoxy) is 4. The van der Waals surface area contributed by atoms with Gasteiger partial charge in [0.05, 0.1) is 43.4 Å². The fraction of sp³-hybridized carbons (Fsp3) is 0.410. The predicted octanol–water partition coefficient (Wildman–Crippen LogP) is 4.50. The van der Waals surface area contributed by atoms with Gasteiger partial charge in [-0.15, -0.1) is 0 Å². The highest BCUT2D eigenvalue weighted by Crippen LogP contribution is 2.31. The van der Waals surface area contributed by atoms with Crippen LogP contribution in [0, 0.1) is 13.8 Å². The molecule has 0 spiro atoms. The third-order valence-corrected chi connectivity index (χ3v) is 7.58. The Morgan fingerprint density at radius 2 is 1.43 bits per heavy atom. The number of carbonyl (C=O) groups is 3. The molecule has 4 N–H and O–H groups in total. The molecule has 0 saturated heterocycles. The van der Waals surface area contributed by atoms with Gasteiger partial charge in [-0.1, -0.05) is 55.7 Å². The summed E-state index contributed by atoms with van der Waals surface area (Å²) in [5.74, 6) is 2.26. The zero-order valence-electron chi connectivity index (χ0n) is 32.2. The summed E-state index contributed by atoms with van der Waals surface area (Å²) in [7, 11) is 3.43. The van der Waals surface area contributed by atoms with Crippen molar-refractivity contribution in [3.63, 3.8) is 0 Å². The van der Waals surface area contributed by atoms with Crippen LogP contribution in [-0.4, -0.2) is 103 Å². The van der Waals surface area contributed by atoms with E-state index in [9.17, 15) is 14.4 Å². The van der Waals surface area contributed by atoms with Crippen molar-refractivity contribution >= 4 is 29.1 Å². The van der Waals surface area contributed by atoms with Gasteiger partial charge in [0.2, 0.25) is 24.5 Å². The number of nitrogens with one attached hydrogen (secondary N) is 2. The van der Waals surface area contributed by atoms with Crippen LogP contribution in [0.15, 0.2) is 73.2 Å². The smallest absolute Gasteiger partial charge is 0.260 e. The number of nitrogens with zero attached hydrogens (tertiary/aromatic N) is 5. The Balaban J connectivity index is 0.000000344. The van der Waals surface area contributed by atoms with Gasteiger partial charge in [0.1, 0.15) is 31.3 Å². The predicted molar refractivity (Wildman–Crippen MR) is 208 cm³/mol. The van der Waals surface area contributed by atoms with Crippen LogP contribution in [0.4, 0.5) is 11.4 Å². The SMILES string of the molecule is CCC.Cc1ccc(OCCN(C)C(=O)CN)cc1.Cc1ccc(OCCN(C)C(=O)Cn2cc(NC(=O)CCNc3cnc4c(c3)OCO4)cn2)cc1. The van der Waals surface area contributed by atoms with Crippen molar-refractivity contribution in [2.75, 3.05) is 70.9 Å². The third kappa shape index (κ3) is 15.4. The first kappa shape index (κ1) is 42.6. The number of pyridine rings is 1. The molecule has 1 aliphatic rings. The van der Waals surface area contributed by atoms with Crippen LogP contribution in [0.1, 0.15) is 37.8 Å². The first-order chi connectivity index (χ1) is 26.0. The molecule has 3 heterocycles. The highest BCUT2D eigenvalue weighted by molar-refractivity contribution is 5.90. The van der Waals surface area contributed by atoms with Gasteiger partial charge in [-0.25, -0.2) is 4.98 Å². The maximum Gasteiger partial charge on any atom is 0.260 e. The number of likely N-dealkylation sites (N-methyl/N-ethyl adjacent to an activating group) is 2. The molecule has 0 atom stereocenters. The molecule has 0 radical (unpaired) electrons. The molecular weight excluding hydrogens is 692 g/mol. The Morgan fingerprint density at radius 3 is 2.00 bits per heavy atom. The summed E-state index contributed by atoms with van der Waals surface area (Å²) < 4.78 is 23.1. The van der Waals surface area contributed by atoms with Gasteiger partial charge in [0.15, 0.2) is 5.75 Å². The van der Waals surface area contributed by atoms with E-state index in [1.165, 1.54) is 22.9 Å². The Hall–Kier alpha value is -5.83. The lowest BCUT2D eigenvalue weighted by Gasteiger charge is -2.17. The summed E-state index contributed by atoms with van der Waals surface area (Å²) in [6.07, 6.45) is 6.25. The van der Waals surface area contributed by atoms with Crippen LogP contribution in [0.3, 0.4) is 0 Å². The minimum Gasteiger partial charge on any atom is -0.492 e. The Kier molecular flexibility index (Phi) is 18.1. The zero-order valence-corrected chi connectivity index (χ0v) is 32.2. The highest BCUT2D eigenvalue weighted by atomic mass is 16.7. The fourth-order valence-corrected chi connectivity index (χ4v) is 4.48. The fourth-order valence-electron chi connectivity index (χ4n) is 4.48. The molecule has 1 aliphatic heterocycles. The van der Waals surface area contributed by atoms with Crippen LogP contribution in [0.25, 0.3) is 0 Å². The molecular formula is C39H54N8O7. The van der Waals surface area contributed by atoms with Crippen LogP contribution in [-0.2, 0) is 20.9 Å². The number of fused-ring (bicyclic) bond motifs is 1. The van der Waals surface area contributed by atoms with Crippen molar-refractivity contribution in [1.29, 1.82) is 0 Å². The van der Waals surface area contributed by atoms with Crippen LogP contribution >= 0.6 is 0 Å². The maximum absolute atomic E-state index is 12.5. The Labute approximate surface area is 317 Å². The summed E-state index contributed by atoms with van der Waals surface area (Å²) in [4.78, 5) is 43.1. The van der Waals surface area contributed by atoms with Gasteiger partial charge < -0.3 is 45.1 Å². The molecule has 15 heteroatoms. The molecule has 15 nitrogen and oxygen atoms in total. The average Bonchev–Trinajstić information content (AvgIpc) is 3.82. The normalized spacial score (nSPS) is 10.9. The first-order valence-corrected chi connectivity index (χ1v) is 17.9. The summed E-state index contributed by atoms with van der Waals surface area (Å²) >= 11 is 0. The molecule has 0 bridgehead atoms. The van der Waals surface area contributed by atoms with E-state index in [2.05, 4.69) is 34.6 Å². The molecule has 5 rings (SSSR count). The molecule has 0 unspecified atom stereocenters. The molecule has 54 heavy (non-hydrogen) atoms. The van der Waals surface area contributed by atoms with Gasteiger partial charge in [-0.05, 0) is 38.1 Å². The highest BCUT2D eigenvalue weighted by Gasteiger charge is 2.15. The first-order valence-electron chi connectivity index (χ1n) is 17.9. The largest absolute Gasteiger partial charge is 0.492 e. The number of benzene rings is 2. The second kappa shape index (κ2) is 23.0. The number of rotatable bonds is 16. The van der Waals surface area contributed by atoms with Crippen molar-refractivity contribution in [2.24, 2.45) is 5.73 Å². The zero-order chi connectivity index (χ0) is 39.3. The third-order valence-electron chi connectivity index (χ3n) is 7.58. The number of aryl methyl sites for hydroxylation is 2. The molecule has 3 amide bonds. The van der Waals surface area contributed by atoms with Gasteiger partial charge in [-0.3, -0.25) is 19.1 Å². The van der Waals surface area contributed by atoms with Crippen molar-refractivity contribution in [3.8, 4) is 23.1 Å². The van der Waals surface area contributed by atoms with E-state index in [1.54, 1.807) is 42.4 Å². The van der Waals surface area contributed by atoms with E-state index in [0.717, 1.165) is 22.7 Å². The van der Waals surface area contributed by atoms with Gasteiger partial charge in [-0.2, -0.15) is 5.10 Å². The topological polar surface area (TPSA) is 175 Å². The molecule has 292 valence electrons. The lowest BCUT2D eigenvalue weighted by atomic mass is 10.2. The number of hydrogen-bond acceptors (Lipinski definition) is 11. The molecule has 0 saturated carbocycles. The van der Waals surface area contributed by atoms with Crippen LogP contribution < -0.4 is 35.3 Å². The second-order valence-electron chi connectivity index (χ2n) is 12.5. The summed E-state index contributed by atoms with van der Waals surface area (Å²) in [6, 6.07) is 17.4. The number of nitrogens with two attached hydrogens (primary N) is 1. The van der Waals surface area contributed by atoms with Gasteiger partial charge in [0.25, 0.3) is 5.88 Å². The molecule has 2 aromatic carbocycles. The Bertz CT molecular complexity index is 1730. The number of hydrogen-bond donors (Lipinski definition) is 3. The van der Waals surface area contributed by atoms with Crippen LogP contribution in [0.5, 0.6) is 23.1 Å². The lowest BCUT2D eigenvalue weighted by Crippen LogP contribution is -2.35. The summed E-state index contributed by atoms with van der Waals surface area (Å²) in [5.41, 5.74) is 8.86. The Morgan fingerprint density at radius 1 is 0.852 bits per heavy atom. The quantitative estimate of drug-likeness (QED) is 0.147. The van der Waals surface area contributed by atoms with Crippen molar-refractivity contribution in [1.82, 2.24) is 24.6 Å². The standard InChI is InChI=1S/C24H28N6O5.C12H18N2O2.C3H8/c1-17-3-5-20(6-4-17)33-10-9-29(2)23(32)15-30-14-19(13-27-30)28-22(31)7-8-25-18-11-21-24(26-12-18)35-16-34-21;1-10-3-5-11(6-4-10)16-8-7-14(2)12(15)9-13;1-3-2/h3-6,11-14,25H,7-10,15-16H2,1-2H3,(H,28,31);3-6H,7-9,13H2,1-2H3;3H2,1-2H3. The van der Waals surface area contributed by atoms with Gasteiger partial charge >= 0.3 is 0 Å². The van der Waals surface area contributed by atoms with Crippen LogP contribution in [0.2, 0.25) is 0 Å². The summed E-state index contributed by atoms with van der Waals surface area (Å²) in [5, 5.41) is 10.1. The average molecular weight is 747 g/mol. The number of carbonyl (C=O) groups excluding carboxylic acids is 3. The van der Waals surface area contributed by atoms with E-state index >= 15 is 0 Å². The van der Waals surface area contributed by atoms with Crippen molar-refractivity contribution in [3.05, 3.63) is 84.3 Å². The lowest BCUT2D eigenvalue weighted by molar-refractivity contribution is -0.131. The number of amides is 3. The second-order valence-corrected chi connectivity index (χ2v) is 12.5.